The van der Waals surface area contributed by atoms with E-state index in [-0.39, 0.29) is 11.8 Å². The summed E-state index contributed by atoms with van der Waals surface area (Å²) >= 11 is 0. The van der Waals surface area contributed by atoms with Gasteiger partial charge in [0.05, 0.1) is 11.4 Å². The van der Waals surface area contributed by atoms with Crippen LogP contribution in [0.5, 0.6) is 0 Å². The van der Waals surface area contributed by atoms with Gasteiger partial charge in [0.2, 0.25) is 10.0 Å². The van der Waals surface area contributed by atoms with Gasteiger partial charge < -0.3 is 9.84 Å². The molecule has 0 aliphatic rings. The molecule has 1 rings (SSSR count). The molecule has 1 aromatic heterocycles. The average Bonchev–Trinajstić information content (AvgIpc) is 2.72. The molecule has 0 saturated carbocycles. The molecule has 0 aliphatic heterocycles. The van der Waals surface area contributed by atoms with Crippen LogP contribution in [0.2, 0.25) is 0 Å². The van der Waals surface area contributed by atoms with Crippen LogP contribution in [0.1, 0.15) is 56.2 Å². The largest absolute Gasteiger partial charge is 0.361 e. The fourth-order valence-corrected chi connectivity index (χ4v) is 3.70. The highest BCUT2D eigenvalue weighted by Crippen LogP contribution is 2.21. The number of aryl methyl sites for hydroxylation is 2. The fourth-order valence-electron chi connectivity index (χ4n) is 2.34. The van der Waals surface area contributed by atoms with E-state index in [0.29, 0.717) is 12.2 Å². The molecule has 1 unspecified atom stereocenters. The molecule has 1 atom stereocenters. The third-order valence-corrected chi connectivity index (χ3v) is 4.86. The van der Waals surface area contributed by atoms with Crippen molar-refractivity contribution in [2.75, 3.05) is 18.8 Å². The number of nitrogens with one attached hydrogen (secondary N) is 2. The normalized spacial score (nSPS) is 13.5. The maximum absolute atomic E-state index is 12.1. The summed E-state index contributed by atoms with van der Waals surface area (Å²) in [5.74, 6) is 0.806. The Hall–Kier alpha value is -0.920. The van der Waals surface area contributed by atoms with Gasteiger partial charge in [-0.15, -0.1) is 0 Å². The second-order valence-corrected chi connectivity index (χ2v) is 7.23. The zero-order chi connectivity index (χ0) is 15.9. The van der Waals surface area contributed by atoms with Gasteiger partial charge in [-0.3, -0.25) is 0 Å². The molecule has 1 aromatic rings. The molecular formula is C14H27N3O3S. The van der Waals surface area contributed by atoms with Gasteiger partial charge in [0.15, 0.2) is 0 Å². The van der Waals surface area contributed by atoms with Crippen molar-refractivity contribution in [3.05, 3.63) is 17.0 Å². The molecular weight excluding hydrogens is 290 g/mol. The molecule has 122 valence electrons. The molecule has 7 heteroatoms. The van der Waals surface area contributed by atoms with Crippen molar-refractivity contribution in [1.29, 1.82) is 0 Å². The molecule has 0 bridgehead atoms. The summed E-state index contributed by atoms with van der Waals surface area (Å²) in [5.41, 5.74) is 1.55. The van der Waals surface area contributed by atoms with Gasteiger partial charge in [-0.25, -0.2) is 13.1 Å². The van der Waals surface area contributed by atoms with Gasteiger partial charge in [-0.1, -0.05) is 12.1 Å². The summed E-state index contributed by atoms with van der Waals surface area (Å²) < 4.78 is 31.9. The molecule has 2 N–H and O–H groups in total. The van der Waals surface area contributed by atoms with E-state index in [9.17, 15) is 8.42 Å². The van der Waals surface area contributed by atoms with Crippen molar-refractivity contribution in [2.45, 2.75) is 53.0 Å². The van der Waals surface area contributed by atoms with Gasteiger partial charge in [-0.2, -0.15) is 0 Å². The first-order valence-electron chi connectivity index (χ1n) is 7.51. The zero-order valence-corrected chi connectivity index (χ0v) is 14.2. The summed E-state index contributed by atoms with van der Waals surface area (Å²) in [5, 5.41) is 7.12. The van der Waals surface area contributed by atoms with Crippen LogP contribution >= 0.6 is 0 Å². The first-order chi connectivity index (χ1) is 9.87. The number of nitrogens with zero attached hydrogens (tertiary/aromatic N) is 1. The van der Waals surface area contributed by atoms with Crippen LogP contribution in [0, 0.1) is 13.8 Å². The first-order valence-corrected chi connectivity index (χ1v) is 9.16. The number of hydrogen-bond acceptors (Lipinski definition) is 5. The van der Waals surface area contributed by atoms with E-state index in [1.165, 1.54) is 0 Å². The van der Waals surface area contributed by atoms with E-state index in [4.69, 9.17) is 4.52 Å². The van der Waals surface area contributed by atoms with Gasteiger partial charge in [0.25, 0.3) is 0 Å². The van der Waals surface area contributed by atoms with E-state index >= 15 is 0 Å². The Morgan fingerprint density at radius 1 is 1.24 bits per heavy atom. The van der Waals surface area contributed by atoms with Crippen molar-refractivity contribution in [1.82, 2.24) is 15.2 Å². The second-order valence-electron chi connectivity index (χ2n) is 5.35. The smallest absolute Gasteiger partial charge is 0.212 e. The molecule has 0 amide bonds. The van der Waals surface area contributed by atoms with Gasteiger partial charge in [0, 0.05) is 11.6 Å². The number of hydrogen-bond donors (Lipinski definition) is 2. The summed E-state index contributed by atoms with van der Waals surface area (Å²) in [6, 6.07) is -0.320. The van der Waals surface area contributed by atoms with E-state index in [2.05, 4.69) is 22.1 Å². The minimum Gasteiger partial charge on any atom is -0.361 e. The lowest BCUT2D eigenvalue weighted by Gasteiger charge is -2.14. The second kappa shape index (κ2) is 8.51. The Morgan fingerprint density at radius 3 is 2.52 bits per heavy atom. The Balaban J connectivity index is 2.42. The van der Waals surface area contributed by atoms with E-state index in [0.717, 1.165) is 37.2 Å². The summed E-state index contributed by atoms with van der Waals surface area (Å²) in [7, 11) is -3.28. The Bertz CT molecular complexity index is 506. The van der Waals surface area contributed by atoms with Crippen LogP contribution in [0.3, 0.4) is 0 Å². The van der Waals surface area contributed by atoms with Gasteiger partial charge in [0.1, 0.15) is 5.76 Å². The highest BCUT2D eigenvalue weighted by molar-refractivity contribution is 7.89. The lowest BCUT2D eigenvalue weighted by Crippen LogP contribution is -2.30. The molecule has 0 saturated heterocycles. The standard InChI is InChI=1S/C14H27N3O3S/c1-5-8-15-9-6-7-10-21(18,19)17-12(3)14-11(2)16-20-13(14)4/h12,15,17H,5-10H2,1-4H3. The van der Waals surface area contributed by atoms with Crippen LogP contribution in [-0.4, -0.2) is 32.4 Å². The fraction of sp³-hybridized carbons (Fsp3) is 0.786. The predicted molar refractivity (Wildman–Crippen MR) is 83.7 cm³/mol. The molecule has 1 heterocycles. The molecule has 6 nitrogen and oxygen atoms in total. The predicted octanol–water partition coefficient (Wildman–Crippen LogP) is 2.05. The number of aromatic nitrogens is 1. The average molecular weight is 317 g/mol. The van der Waals surface area contributed by atoms with Crippen LogP contribution in [-0.2, 0) is 10.0 Å². The van der Waals surface area contributed by atoms with E-state index < -0.39 is 10.0 Å². The maximum Gasteiger partial charge on any atom is 0.212 e. The lowest BCUT2D eigenvalue weighted by molar-refractivity contribution is 0.391. The van der Waals surface area contributed by atoms with Gasteiger partial charge >= 0.3 is 0 Å². The third-order valence-electron chi connectivity index (χ3n) is 3.32. The highest BCUT2D eigenvalue weighted by atomic mass is 32.2. The van der Waals surface area contributed by atoms with Crippen molar-refractivity contribution in [3.63, 3.8) is 0 Å². The van der Waals surface area contributed by atoms with E-state index in [1.54, 1.807) is 6.92 Å². The summed E-state index contributed by atoms with van der Waals surface area (Å²) in [6.07, 6.45) is 2.61. The van der Waals surface area contributed by atoms with Crippen molar-refractivity contribution < 1.29 is 12.9 Å². The number of sulfonamides is 1. The van der Waals surface area contributed by atoms with Crippen LogP contribution in [0.15, 0.2) is 4.52 Å². The molecule has 0 radical (unpaired) electrons. The van der Waals surface area contributed by atoms with Crippen LogP contribution in [0.25, 0.3) is 0 Å². The van der Waals surface area contributed by atoms with Crippen molar-refractivity contribution in [3.8, 4) is 0 Å². The molecule has 0 fully saturated rings. The quantitative estimate of drug-likeness (QED) is 0.645. The third kappa shape index (κ3) is 6.15. The molecule has 0 aliphatic carbocycles. The zero-order valence-electron chi connectivity index (χ0n) is 13.4. The van der Waals surface area contributed by atoms with Crippen LogP contribution in [0.4, 0.5) is 0 Å². The molecule has 0 spiro atoms. The molecule has 21 heavy (non-hydrogen) atoms. The Kier molecular flexibility index (Phi) is 7.34. The maximum atomic E-state index is 12.1. The van der Waals surface area contributed by atoms with E-state index in [1.807, 2.05) is 13.8 Å². The monoisotopic (exact) mass is 317 g/mol. The van der Waals surface area contributed by atoms with Crippen LogP contribution < -0.4 is 10.0 Å². The highest BCUT2D eigenvalue weighted by Gasteiger charge is 2.21. The Morgan fingerprint density at radius 2 is 1.95 bits per heavy atom. The first kappa shape index (κ1) is 18.1. The number of unbranched alkanes of at least 4 members (excludes halogenated alkanes) is 1. The minimum absolute atomic E-state index is 0.147. The SMILES string of the molecule is CCCNCCCCS(=O)(=O)NC(C)c1c(C)noc1C. The molecule has 0 aromatic carbocycles. The van der Waals surface area contributed by atoms with Gasteiger partial charge in [-0.05, 0) is 53.1 Å². The minimum atomic E-state index is -3.28. The lowest BCUT2D eigenvalue weighted by atomic mass is 10.1. The Labute approximate surface area is 127 Å². The van der Waals surface area contributed by atoms with Crippen molar-refractivity contribution in [2.24, 2.45) is 0 Å². The topological polar surface area (TPSA) is 84.2 Å². The summed E-state index contributed by atoms with van der Waals surface area (Å²) in [6.45, 7) is 9.37. The number of rotatable bonds is 10. The summed E-state index contributed by atoms with van der Waals surface area (Å²) in [4.78, 5) is 0. The van der Waals surface area contributed by atoms with Crippen molar-refractivity contribution >= 4 is 10.0 Å².